The maximum Gasteiger partial charge on any atom is 0.425 e. The van der Waals surface area contributed by atoms with Crippen LogP contribution in [0.15, 0.2) is 24.3 Å². The van der Waals surface area contributed by atoms with Gasteiger partial charge >= 0.3 is 6.09 Å². The van der Waals surface area contributed by atoms with Crippen molar-refractivity contribution < 1.29 is 23.8 Å². The number of methoxy groups -OCH3 is 2. The smallest absolute Gasteiger partial charge is 0.425 e. The van der Waals surface area contributed by atoms with Crippen molar-refractivity contribution in [3.05, 3.63) is 24.3 Å². The lowest BCUT2D eigenvalue weighted by Crippen LogP contribution is -2.43. The summed E-state index contributed by atoms with van der Waals surface area (Å²) in [5.41, 5.74) is 4.14. The van der Waals surface area contributed by atoms with Crippen molar-refractivity contribution in [2.24, 2.45) is 0 Å². The molecule has 1 aromatic carbocycles. The van der Waals surface area contributed by atoms with E-state index in [1.807, 2.05) is 5.43 Å². The summed E-state index contributed by atoms with van der Waals surface area (Å²) in [4.78, 5) is 21.9. The first-order valence-electron chi connectivity index (χ1n) is 5.05. The highest BCUT2D eigenvalue weighted by atomic mass is 16.5. The van der Waals surface area contributed by atoms with Gasteiger partial charge in [0.2, 0.25) is 0 Å². The minimum atomic E-state index is -0.757. The Labute approximate surface area is 104 Å². The Morgan fingerprint density at radius 2 is 1.67 bits per heavy atom. The molecule has 0 saturated carbocycles. The lowest BCUT2D eigenvalue weighted by molar-refractivity contribution is -0.123. The highest BCUT2D eigenvalue weighted by Crippen LogP contribution is 2.16. The first kappa shape index (κ1) is 13.6. The third-order valence-corrected chi connectivity index (χ3v) is 1.92. The Balaban J connectivity index is 2.31. The SMILES string of the molecule is COC(=O)NNC(=O)COc1ccc(OC)cc1. The maximum atomic E-state index is 11.2. The van der Waals surface area contributed by atoms with Crippen LogP contribution in [0.3, 0.4) is 0 Å². The van der Waals surface area contributed by atoms with Gasteiger partial charge in [-0.25, -0.2) is 10.2 Å². The predicted molar refractivity (Wildman–Crippen MR) is 62.2 cm³/mol. The van der Waals surface area contributed by atoms with Gasteiger partial charge in [-0.2, -0.15) is 0 Å². The molecule has 0 unspecified atom stereocenters. The van der Waals surface area contributed by atoms with Crippen LogP contribution in [0, 0.1) is 0 Å². The molecule has 0 spiro atoms. The molecule has 2 amide bonds. The van der Waals surface area contributed by atoms with E-state index in [1.54, 1.807) is 31.4 Å². The van der Waals surface area contributed by atoms with E-state index >= 15 is 0 Å². The van der Waals surface area contributed by atoms with Crippen LogP contribution in [0.1, 0.15) is 0 Å². The zero-order valence-corrected chi connectivity index (χ0v) is 10.1. The Kier molecular flexibility index (Phi) is 5.30. The van der Waals surface area contributed by atoms with Crippen LogP contribution in [0.5, 0.6) is 11.5 Å². The molecule has 18 heavy (non-hydrogen) atoms. The van der Waals surface area contributed by atoms with Crippen molar-refractivity contribution >= 4 is 12.0 Å². The third kappa shape index (κ3) is 4.60. The number of carbonyl (C=O) groups is 2. The molecule has 2 N–H and O–H groups in total. The van der Waals surface area contributed by atoms with Crippen LogP contribution >= 0.6 is 0 Å². The Bertz CT molecular complexity index is 404. The largest absolute Gasteiger partial charge is 0.497 e. The second kappa shape index (κ2) is 7.00. The second-order valence-electron chi connectivity index (χ2n) is 3.13. The number of ether oxygens (including phenoxy) is 3. The van der Waals surface area contributed by atoms with Gasteiger partial charge in [-0.05, 0) is 24.3 Å². The summed E-state index contributed by atoms with van der Waals surface area (Å²) >= 11 is 0. The average Bonchev–Trinajstić information content (AvgIpc) is 2.42. The fraction of sp³-hybridized carbons (Fsp3) is 0.273. The van der Waals surface area contributed by atoms with Crippen molar-refractivity contribution in [3.8, 4) is 11.5 Å². The highest BCUT2D eigenvalue weighted by molar-refractivity contribution is 5.80. The van der Waals surface area contributed by atoms with Gasteiger partial charge in [0.15, 0.2) is 6.61 Å². The van der Waals surface area contributed by atoms with Gasteiger partial charge in [0.05, 0.1) is 14.2 Å². The van der Waals surface area contributed by atoms with Gasteiger partial charge in [-0.3, -0.25) is 10.2 Å². The van der Waals surface area contributed by atoms with Crippen molar-refractivity contribution in [3.63, 3.8) is 0 Å². The summed E-state index contributed by atoms with van der Waals surface area (Å²) < 4.78 is 14.4. The van der Waals surface area contributed by atoms with E-state index in [4.69, 9.17) is 9.47 Å². The van der Waals surface area contributed by atoms with Crippen LogP contribution in [0.25, 0.3) is 0 Å². The maximum absolute atomic E-state index is 11.2. The van der Waals surface area contributed by atoms with Crippen LogP contribution in [-0.4, -0.2) is 32.8 Å². The first-order valence-corrected chi connectivity index (χ1v) is 5.05. The molecule has 0 radical (unpaired) electrons. The quantitative estimate of drug-likeness (QED) is 0.762. The zero-order valence-electron chi connectivity index (χ0n) is 10.1. The summed E-state index contributed by atoms with van der Waals surface area (Å²) in [5, 5.41) is 0. The number of benzene rings is 1. The van der Waals surface area contributed by atoms with E-state index in [9.17, 15) is 9.59 Å². The number of hydrazine groups is 1. The monoisotopic (exact) mass is 254 g/mol. The molecule has 7 nitrogen and oxygen atoms in total. The number of rotatable bonds is 4. The molecule has 1 aromatic rings. The second-order valence-corrected chi connectivity index (χ2v) is 3.13. The third-order valence-electron chi connectivity index (χ3n) is 1.92. The number of hydrogen-bond acceptors (Lipinski definition) is 5. The van der Waals surface area contributed by atoms with E-state index in [1.165, 1.54) is 7.11 Å². The fourth-order valence-electron chi connectivity index (χ4n) is 1.03. The predicted octanol–water partition coefficient (Wildman–Crippen LogP) is 0.461. The molecule has 7 heteroatoms. The molecule has 98 valence electrons. The number of amides is 2. The van der Waals surface area contributed by atoms with Crippen LogP contribution in [0.2, 0.25) is 0 Å². The summed E-state index contributed by atoms with van der Waals surface area (Å²) in [6, 6.07) is 6.75. The van der Waals surface area contributed by atoms with Crippen molar-refractivity contribution in [1.29, 1.82) is 0 Å². The molecule has 1 rings (SSSR count). The molecular weight excluding hydrogens is 240 g/mol. The van der Waals surface area contributed by atoms with Gasteiger partial charge in [0.1, 0.15) is 11.5 Å². The standard InChI is InChI=1S/C11H14N2O5/c1-16-8-3-5-9(6-4-8)18-7-10(14)12-13-11(15)17-2/h3-6H,7H2,1-2H3,(H,12,14)(H,13,15). The van der Waals surface area contributed by atoms with Gasteiger partial charge < -0.3 is 14.2 Å². The minimum absolute atomic E-state index is 0.226. The van der Waals surface area contributed by atoms with Gasteiger partial charge in [-0.1, -0.05) is 0 Å². The first-order chi connectivity index (χ1) is 8.65. The molecule has 0 bridgehead atoms. The normalized spacial score (nSPS) is 9.22. The van der Waals surface area contributed by atoms with Gasteiger partial charge in [0.25, 0.3) is 5.91 Å². The Hall–Kier alpha value is -2.44. The summed E-state index contributed by atoms with van der Waals surface area (Å²) in [6.45, 7) is -0.226. The fourth-order valence-corrected chi connectivity index (χ4v) is 1.03. The van der Waals surface area contributed by atoms with E-state index in [2.05, 4.69) is 10.2 Å². The highest BCUT2D eigenvalue weighted by Gasteiger charge is 2.04. The molecule has 0 aliphatic rings. The minimum Gasteiger partial charge on any atom is -0.497 e. The summed E-state index contributed by atoms with van der Waals surface area (Å²) in [6.07, 6.45) is -0.757. The number of hydrogen-bond donors (Lipinski definition) is 2. The van der Waals surface area contributed by atoms with E-state index in [-0.39, 0.29) is 6.61 Å². The lowest BCUT2D eigenvalue weighted by atomic mass is 10.3. The molecule has 0 fully saturated rings. The van der Waals surface area contributed by atoms with Crippen molar-refractivity contribution in [2.45, 2.75) is 0 Å². The van der Waals surface area contributed by atoms with Gasteiger partial charge in [-0.15, -0.1) is 0 Å². The Morgan fingerprint density at radius 1 is 1.06 bits per heavy atom. The molecule has 0 aromatic heterocycles. The molecule has 0 saturated heterocycles. The average molecular weight is 254 g/mol. The van der Waals surface area contributed by atoms with E-state index in [0.29, 0.717) is 11.5 Å². The van der Waals surface area contributed by atoms with Crippen LogP contribution in [-0.2, 0) is 9.53 Å². The van der Waals surface area contributed by atoms with Crippen molar-refractivity contribution in [2.75, 3.05) is 20.8 Å². The topological polar surface area (TPSA) is 85.9 Å². The van der Waals surface area contributed by atoms with Gasteiger partial charge in [0, 0.05) is 0 Å². The molecule has 0 atom stereocenters. The molecule has 0 aliphatic carbocycles. The number of carbonyl (C=O) groups excluding carboxylic acids is 2. The van der Waals surface area contributed by atoms with E-state index < -0.39 is 12.0 Å². The van der Waals surface area contributed by atoms with Crippen LogP contribution < -0.4 is 20.3 Å². The summed E-state index contributed by atoms with van der Waals surface area (Å²) in [5.74, 6) is 0.708. The molecule has 0 heterocycles. The Morgan fingerprint density at radius 3 is 2.22 bits per heavy atom. The van der Waals surface area contributed by atoms with Crippen LogP contribution in [0.4, 0.5) is 4.79 Å². The lowest BCUT2D eigenvalue weighted by Gasteiger charge is -2.08. The number of nitrogens with one attached hydrogen (secondary N) is 2. The zero-order chi connectivity index (χ0) is 13.4. The van der Waals surface area contributed by atoms with E-state index in [0.717, 1.165) is 0 Å². The molecule has 0 aliphatic heterocycles. The van der Waals surface area contributed by atoms with Crippen molar-refractivity contribution in [1.82, 2.24) is 10.9 Å². The summed E-state index contributed by atoms with van der Waals surface area (Å²) in [7, 11) is 2.75. The molecular formula is C11H14N2O5.